The van der Waals surface area contributed by atoms with Gasteiger partial charge in [-0.15, -0.1) is 0 Å². The van der Waals surface area contributed by atoms with Crippen molar-refractivity contribution in [3.63, 3.8) is 0 Å². The zero-order valence-corrected chi connectivity index (χ0v) is 12.5. The molecule has 3 N–H and O–H groups in total. The predicted molar refractivity (Wildman–Crippen MR) is 78.0 cm³/mol. The zero-order chi connectivity index (χ0) is 15.8. The van der Waals surface area contributed by atoms with Gasteiger partial charge in [0.05, 0.1) is 5.69 Å². The summed E-state index contributed by atoms with van der Waals surface area (Å²) < 4.78 is 53.1. The van der Waals surface area contributed by atoms with Crippen LogP contribution in [0.4, 0.5) is 20.2 Å². The molecule has 0 amide bonds. The quantitative estimate of drug-likeness (QED) is 0.828. The first-order valence-corrected chi connectivity index (χ1v) is 7.67. The number of rotatable bonds is 3. The second-order valence-corrected chi connectivity index (χ2v) is 6.56. The van der Waals surface area contributed by atoms with Crippen LogP contribution in [0.3, 0.4) is 0 Å². The minimum absolute atomic E-state index is 0.0368. The van der Waals surface area contributed by atoms with Gasteiger partial charge in [0.15, 0.2) is 5.82 Å². The van der Waals surface area contributed by atoms with Gasteiger partial charge < -0.3 is 5.73 Å². The van der Waals surface area contributed by atoms with Crippen LogP contribution in [0.5, 0.6) is 0 Å². The van der Waals surface area contributed by atoms with Gasteiger partial charge in [-0.2, -0.15) is 0 Å². The molecule has 0 spiro atoms. The third-order valence-electron chi connectivity index (χ3n) is 2.50. The fourth-order valence-corrected chi connectivity index (χ4v) is 3.24. The fraction of sp³-hybridized carbons (Fsp3) is 0. The molecule has 0 saturated carbocycles. The number of nitrogens with two attached hydrogens (primary N) is 1. The first kappa shape index (κ1) is 15.8. The fourth-order valence-electron chi connectivity index (χ4n) is 1.58. The van der Waals surface area contributed by atoms with Gasteiger partial charge in [-0.1, -0.05) is 23.2 Å². The Balaban J connectivity index is 2.46. The normalized spacial score (nSPS) is 11.4. The highest BCUT2D eigenvalue weighted by atomic mass is 35.5. The molecule has 4 nitrogen and oxygen atoms in total. The molecule has 0 radical (unpaired) electrons. The lowest BCUT2D eigenvalue weighted by molar-refractivity contribution is 0.557. The summed E-state index contributed by atoms with van der Waals surface area (Å²) in [6, 6.07) is 5.51. The number of halogens is 4. The first-order chi connectivity index (χ1) is 9.70. The molecule has 2 aromatic rings. The van der Waals surface area contributed by atoms with Crippen molar-refractivity contribution < 1.29 is 17.2 Å². The van der Waals surface area contributed by atoms with Crippen LogP contribution in [0.1, 0.15) is 0 Å². The molecular weight excluding hydrogens is 345 g/mol. The molecule has 0 aliphatic carbocycles. The van der Waals surface area contributed by atoms with Crippen molar-refractivity contribution in [3.8, 4) is 0 Å². The monoisotopic (exact) mass is 352 g/mol. The average molecular weight is 353 g/mol. The van der Waals surface area contributed by atoms with Gasteiger partial charge in [0.25, 0.3) is 10.0 Å². The predicted octanol–water partition coefficient (Wildman–Crippen LogP) is 3.65. The van der Waals surface area contributed by atoms with Gasteiger partial charge in [-0.3, -0.25) is 4.72 Å². The van der Waals surface area contributed by atoms with E-state index in [1.807, 2.05) is 0 Å². The number of benzene rings is 2. The van der Waals surface area contributed by atoms with E-state index < -0.39 is 32.2 Å². The Bertz CT molecular complexity index is 793. The van der Waals surface area contributed by atoms with Crippen LogP contribution in [0, 0.1) is 11.6 Å². The maximum atomic E-state index is 13.8. The largest absolute Gasteiger partial charge is 0.394 e. The average Bonchev–Trinajstić information content (AvgIpc) is 2.33. The third kappa shape index (κ3) is 3.37. The van der Waals surface area contributed by atoms with Crippen LogP contribution in [0.2, 0.25) is 10.0 Å². The van der Waals surface area contributed by atoms with E-state index in [0.717, 1.165) is 12.1 Å². The Labute approximate surface area is 129 Å². The van der Waals surface area contributed by atoms with Crippen LogP contribution >= 0.6 is 23.2 Å². The van der Waals surface area contributed by atoms with Crippen molar-refractivity contribution in [2.24, 2.45) is 0 Å². The summed E-state index contributed by atoms with van der Waals surface area (Å²) >= 11 is 11.5. The van der Waals surface area contributed by atoms with Crippen LogP contribution < -0.4 is 10.5 Å². The molecule has 112 valence electrons. The first-order valence-electron chi connectivity index (χ1n) is 5.43. The molecule has 21 heavy (non-hydrogen) atoms. The molecule has 0 bridgehead atoms. The molecule has 0 aliphatic rings. The molecule has 0 unspecified atom stereocenters. The van der Waals surface area contributed by atoms with Crippen LogP contribution in [-0.2, 0) is 10.0 Å². The summed E-state index contributed by atoms with van der Waals surface area (Å²) in [6.07, 6.45) is 0. The standard InChI is InChI=1S/C12H8Cl2F2N2O2S/c13-6-3-7(14)5-8(4-6)18-21(19,20)10-2-1-9(15)12(17)11(10)16/h1-5,18H,17H2. The summed E-state index contributed by atoms with van der Waals surface area (Å²) in [5.74, 6) is -2.41. The molecule has 0 aliphatic heterocycles. The van der Waals surface area contributed by atoms with E-state index in [1.54, 1.807) is 0 Å². The summed E-state index contributed by atoms with van der Waals surface area (Å²) in [7, 11) is -4.31. The second-order valence-electron chi connectivity index (χ2n) is 4.04. The zero-order valence-electron chi connectivity index (χ0n) is 10.2. The number of hydrogen-bond donors (Lipinski definition) is 2. The van der Waals surface area contributed by atoms with E-state index in [-0.39, 0.29) is 15.7 Å². The van der Waals surface area contributed by atoms with E-state index >= 15 is 0 Å². The Kier molecular flexibility index (Phi) is 4.27. The highest BCUT2D eigenvalue weighted by Crippen LogP contribution is 2.27. The van der Waals surface area contributed by atoms with Crippen molar-refractivity contribution in [1.29, 1.82) is 0 Å². The van der Waals surface area contributed by atoms with Gasteiger partial charge in [-0.05, 0) is 30.3 Å². The second kappa shape index (κ2) is 5.67. The van der Waals surface area contributed by atoms with Crippen LogP contribution in [0.25, 0.3) is 0 Å². The van der Waals surface area contributed by atoms with E-state index in [1.165, 1.54) is 18.2 Å². The molecule has 2 aromatic carbocycles. The van der Waals surface area contributed by atoms with E-state index in [0.29, 0.717) is 0 Å². The van der Waals surface area contributed by atoms with Crippen LogP contribution in [-0.4, -0.2) is 8.42 Å². The molecule has 0 atom stereocenters. The smallest absolute Gasteiger partial charge is 0.264 e. The topological polar surface area (TPSA) is 72.2 Å². The Morgan fingerprint density at radius 2 is 1.62 bits per heavy atom. The van der Waals surface area contributed by atoms with E-state index in [4.69, 9.17) is 28.9 Å². The number of nitrogens with one attached hydrogen (secondary N) is 1. The number of nitrogen functional groups attached to an aromatic ring is 1. The van der Waals surface area contributed by atoms with Crippen LogP contribution in [0.15, 0.2) is 35.2 Å². The SMILES string of the molecule is Nc1c(F)ccc(S(=O)(=O)Nc2cc(Cl)cc(Cl)c2)c1F. The molecule has 2 rings (SSSR count). The van der Waals surface area contributed by atoms with Crippen molar-refractivity contribution in [2.45, 2.75) is 4.90 Å². The van der Waals surface area contributed by atoms with Gasteiger partial charge in [0, 0.05) is 10.0 Å². The number of hydrogen-bond acceptors (Lipinski definition) is 3. The third-order valence-corrected chi connectivity index (χ3v) is 4.33. The molecule has 0 aromatic heterocycles. The molecule has 0 fully saturated rings. The van der Waals surface area contributed by atoms with Crippen molar-refractivity contribution in [2.75, 3.05) is 10.5 Å². The van der Waals surface area contributed by atoms with E-state index in [9.17, 15) is 17.2 Å². The minimum atomic E-state index is -4.31. The Morgan fingerprint density at radius 1 is 1.05 bits per heavy atom. The highest BCUT2D eigenvalue weighted by molar-refractivity contribution is 7.92. The molecule has 0 heterocycles. The Morgan fingerprint density at radius 3 is 2.19 bits per heavy atom. The van der Waals surface area contributed by atoms with Gasteiger partial charge in [0.1, 0.15) is 16.4 Å². The van der Waals surface area contributed by atoms with E-state index in [2.05, 4.69) is 4.72 Å². The lowest BCUT2D eigenvalue weighted by Crippen LogP contribution is -2.16. The number of sulfonamides is 1. The number of anilines is 2. The van der Waals surface area contributed by atoms with Crippen molar-refractivity contribution in [1.82, 2.24) is 0 Å². The lowest BCUT2D eigenvalue weighted by atomic mass is 10.3. The minimum Gasteiger partial charge on any atom is -0.394 e. The van der Waals surface area contributed by atoms with Crippen molar-refractivity contribution >= 4 is 44.6 Å². The summed E-state index contributed by atoms with van der Waals surface area (Å²) in [4.78, 5) is -0.780. The maximum Gasteiger partial charge on any atom is 0.264 e. The lowest BCUT2D eigenvalue weighted by Gasteiger charge is -2.11. The molecule has 9 heteroatoms. The van der Waals surface area contributed by atoms with Gasteiger partial charge in [0.2, 0.25) is 0 Å². The Hall–Kier alpha value is -1.57. The van der Waals surface area contributed by atoms with Gasteiger partial charge >= 0.3 is 0 Å². The van der Waals surface area contributed by atoms with Gasteiger partial charge in [-0.25, -0.2) is 17.2 Å². The molecule has 0 saturated heterocycles. The molecular formula is C12H8Cl2F2N2O2S. The summed E-state index contributed by atoms with van der Waals surface area (Å²) in [5, 5.41) is 0.388. The highest BCUT2D eigenvalue weighted by Gasteiger charge is 2.23. The maximum absolute atomic E-state index is 13.8. The summed E-state index contributed by atoms with van der Waals surface area (Å²) in [6.45, 7) is 0. The summed E-state index contributed by atoms with van der Waals surface area (Å²) in [5.41, 5.74) is 4.30. The van der Waals surface area contributed by atoms with Crippen molar-refractivity contribution in [3.05, 3.63) is 52.0 Å².